The zero-order chi connectivity index (χ0) is 31.3. The lowest BCUT2D eigenvalue weighted by Crippen LogP contribution is -2.49. The number of pyridine rings is 1. The molecule has 3 N–H and O–H groups in total. The van der Waals surface area contributed by atoms with E-state index in [0.717, 1.165) is 15.2 Å². The molecule has 2 unspecified atom stereocenters. The number of amides is 3. The number of alkyl halides is 3. The highest BCUT2D eigenvalue weighted by Gasteiger charge is 2.49. The molecule has 1 fully saturated rings. The molecule has 2 heterocycles. The van der Waals surface area contributed by atoms with E-state index in [-0.39, 0.29) is 35.2 Å². The number of hydrogen-bond donors (Lipinski definition) is 2. The Kier molecular flexibility index (Phi) is 10.9. The second-order valence-electron chi connectivity index (χ2n) is 11.5. The minimum Gasteiger partial charge on any atom is -0.375 e. The molecule has 1 aromatic carbocycles. The van der Waals surface area contributed by atoms with E-state index in [1.54, 1.807) is 17.3 Å². The van der Waals surface area contributed by atoms with Crippen LogP contribution in [-0.4, -0.2) is 58.6 Å². The predicted molar refractivity (Wildman–Crippen MR) is 150 cm³/mol. The molecule has 0 saturated carbocycles. The number of fused-ring (bicyclic) bond motifs is 1. The standard InChI is InChI=1S/C26H33BrN4O3.C2H2F3NO/c1-16-23(31(15-26(16,5)6)21(32)10-11-34-25(2,3)4)24(33)30-20(12-28)18-14-29-13-17-8-7-9-19(27)22(17)18;3-2(4,5)1(6)7/h7-9,13-14,16,20,23H,10-11,15H2,1-6H3,(H,30,33);(H2,6,7)/t16?,20?,23-;/m0./s1. The van der Waals surface area contributed by atoms with Gasteiger partial charge in [-0.1, -0.05) is 48.8 Å². The van der Waals surface area contributed by atoms with E-state index in [9.17, 15) is 28.0 Å². The first kappa shape index (κ1) is 34.0. The highest BCUT2D eigenvalue weighted by Crippen LogP contribution is 2.40. The van der Waals surface area contributed by atoms with Gasteiger partial charge in [0.05, 0.1) is 24.7 Å². The van der Waals surface area contributed by atoms with Gasteiger partial charge in [0, 0.05) is 39.7 Å². The maximum Gasteiger partial charge on any atom is 0.470 e. The number of nitrogens with two attached hydrogens (primary N) is 1. The summed E-state index contributed by atoms with van der Waals surface area (Å²) in [5.74, 6) is -2.80. The Morgan fingerprint density at radius 1 is 1.27 bits per heavy atom. The van der Waals surface area contributed by atoms with Crippen molar-refractivity contribution in [2.45, 2.75) is 71.8 Å². The minimum absolute atomic E-state index is 0.0864. The van der Waals surface area contributed by atoms with Crippen molar-refractivity contribution in [1.82, 2.24) is 15.2 Å². The van der Waals surface area contributed by atoms with Gasteiger partial charge in [0.15, 0.2) is 0 Å². The Morgan fingerprint density at radius 3 is 2.41 bits per heavy atom. The number of hydrogen-bond acceptors (Lipinski definition) is 6. The van der Waals surface area contributed by atoms with Crippen molar-refractivity contribution in [3.8, 4) is 6.07 Å². The summed E-state index contributed by atoms with van der Waals surface area (Å²) in [6, 6.07) is 6.34. The fourth-order valence-corrected chi connectivity index (χ4v) is 5.03. The summed E-state index contributed by atoms with van der Waals surface area (Å²) in [5, 5.41) is 14.5. The maximum atomic E-state index is 13.5. The van der Waals surface area contributed by atoms with E-state index in [0.29, 0.717) is 18.7 Å². The molecular formula is C28H35BrF3N5O4. The van der Waals surface area contributed by atoms with Crippen LogP contribution in [0.3, 0.4) is 0 Å². The van der Waals surface area contributed by atoms with Gasteiger partial charge >= 0.3 is 12.1 Å². The van der Waals surface area contributed by atoms with Gasteiger partial charge in [0.2, 0.25) is 11.8 Å². The highest BCUT2D eigenvalue weighted by molar-refractivity contribution is 9.10. The molecule has 3 rings (SSSR count). The molecule has 1 aliphatic rings. The Balaban J connectivity index is 0.000000745. The molecule has 13 heteroatoms. The van der Waals surface area contributed by atoms with Crippen LogP contribution in [0, 0.1) is 22.7 Å². The molecule has 3 amide bonds. The molecule has 1 aliphatic heterocycles. The average molecular weight is 643 g/mol. The minimum atomic E-state index is -4.86. The van der Waals surface area contributed by atoms with Gasteiger partial charge in [-0.2, -0.15) is 18.4 Å². The second-order valence-corrected chi connectivity index (χ2v) is 12.3. The first-order chi connectivity index (χ1) is 18.8. The first-order valence-electron chi connectivity index (χ1n) is 12.8. The maximum absolute atomic E-state index is 13.5. The van der Waals surface area contributed by atoms with Crippen LogP contribution in [0.5, 0.6) is 0 Å². The van der Waals surface area contributed by atoms with Crippen molar-refractivity contribution in [3.05, 3.63) is 40.6 Å². The third-order valence-corrected chi connectivity index (χ3v) is 7.49. The van der Waals surface area contributed by atoms with E-state index in [4.69, 9.17) is 9.53 Å². The number of carbonyl (C=O) groups is 3. The number of likely N-dealkylation sites (tertiary alicyclic amines) is 1. The van der Waals surface area contributed by atoms with Crippen LogP contribution >= 0.6 is 15.9 Å². The van der Waals surface area contributed by atoms with Gasteiger partial charge in [0.1, 0.15) is 12.1 Å². The fraction of sp³-hybridized carbons (Fsp3) is 0.536. The SMILES string of the molecule is CC1[C@@H](C(=O)NC(C#N)c2cncc3cccc(Br)c23)N(C(=O)CCOC(C)(C)C)CC1(C)C.NC(=O)C(F)(F)F. The highest BCUT2D eigenvalue weighted by atomic mass is 79.9. The van der Waals surface area contributed by atoms with Crippen LogP contribution in [0.2, 0.25) is 0 Å². The molecule has 0 bridgehead atoms. The Hall–Kier alpha value is -3.24. The number of carbonyl (C=O) groups excluding carboxylic acids is 3. The number of ether oxygens (including phenoxy) is 1. The number of nitrogens with one attached hydrogen (secondary N) is 1. The monoisotopic (exact) mass is 641 g/mol. The molecule has 0 spiro atoms. The zero-order valence-electron chi connectivity index (χ0n) is 23.8. The van der Waals surface area contributed by atoms with E-state index >= 15 is 0 Å². The summed E-state index contributed by atoms with van der Waals surface area (Å²) < 4.78 is 38.7. The summed E-state index contributed by atoms with van der Waals surface area (Å²) in [4.78, 5) is 41.7. The van der Waals surface area contributed by atoms with Crippen LogP contribution in [0.15, 0.2) is 35.1 Å². The summed E-state index contributed by atoms with van der Waals surface area (Å²) in [7, 11) is 0. The van der Waals surface area contributed by atoms with Crippen LogP contribution in [-0.2, 0) is 19.1 Å². The molecule has 41 heavy (non-hydrogen) atoms. The molecule has 2 aromatic rings. The van der Waals surface area contributed by atoms with Crippen LogP contribution in [0.1, 0.15) is 59.6 Å². The van der Waals surface area contributed by atoms with Crippen LogP contribution < -0.4 is 11.1 Å². The Morgan fingerprint density at radius 2 is 1.88 bits per heavy atom. The van der Waals surface area contributed by atoms with Crippen molar-refractivity contribution < 1.29 is 32.3 Å². The van der Waals surface area contributed by atoms with Gasteiger partial charge in [-0.25, -0.2) is 0 Å². The second kappa shape index (κ2) is 13.2. The normalized spacial score (nSPS) is 19.1. The van der Waals surface area contributed by atoms with Gasteiger partial charge in [-0.3, -0.25) is 19.4 Å². The molecule has 3 atom stereocenters. The smallest absolute Gasteiger partial charge is 0.375 e. The van der Waals surface area contributed by atoms with Crippen LogP contribution in [0.4, 0.5) is 13.2 Å². The predicted octanol–water partition coefficient (Wildman–Crippen LogP) is 4.79. The van der Waals surface area contributed by atoms with Crippen molar-refractivity contribution in [3.63, 3.8) is 0 Å². The number of primary amides is 1. The quantitative estimate of drug-likeness (QED) is 0.465. The number of rotatable bonds is 6. The molecule has 1 aromatic heterocycles. The van der Waals surface area contributed by atoms with E-state index in [1.165, 1.54) is 0 Å². The van der Waals surface area contributed by atoms with Crippen LogP contribution in [0.25, 0.3) is 10.8 Å². The zero-order valence-corrected chi connectivity index (χ0v) is 25.4. The van der Waals surface area contributed by atoms with Gasteiger partial charge in [-0.05, 0) is 38.2 Å². The topological polar surface area (TPSA) is 138 Å². The van der Waals surface area contributed by atoms with Crippen molar-refractivity contribution in [2.24, 2.45) is 17.1 Å². The van der Waals surface area contributed by atoms with E-state index in [1.807, 2.05) is 45.9 Å². The number of aromatic nitrogens is 1. The summed E-state index contributed by atoms with van der Waals surface area (Å²) in [5.41, 5.74) is 3.84. The number of nitrogens with zero attached hydrogens (tertiary/aromatic N) is 3. The Bertz CT molecular complexity index is 1320. The fourth-order valence-electron chi connectivity index (χ4n) is 4.42. The largest absolute Gasteiger partial charge is 0.470 e. The van der Waals surface area contributed by atoms with E-state index in [2.05, 4.69) is 51.9 Å². The molecule has 224 valence electrons. The summed E-state index contributed by atoms with van der Waals surface area (Å²) >= 11 is 3.55. The molecule has 9 nitrogen and oxygen atoms in total. The Labute approximate surface area is 245 Å². The summed E-state index contributed by atoms with van der Waals surface area (Å²) in [6.45, 7) is 12.7. The number of benzene rings is 1. The third kappa shape index (κ3) is 8.87. The van der Waals surface area contributed by atoms with Gasteiger partial charge in [-0.15, -0.1) is 0 Å². The lowest BCUT2D eigenvalue weighted by molar-refractivity contribution is -0.169. The first-order valence-corrected chi connectivity index (χ1v) is 13.6. The third-order valence-electron chi connectivity index (χ3n) is 6.83. The van der Waals surface area contributed by atoms with Crippen molar-refractivity contribution in [1.29, 1.82) is 5.26 Å². The van der Waals surface area contributed by atoms with E-state index < -0.39 is 24.2 Å². The molecule has 0 aliphatic carbocycles. The molecular weight excluding hydrogens is 607 g/mol. The number of halogens is 4. The molecule has 1 saturated heterocycles. The van der Waals surface area contributed by atoms with Crippen molar-refractivity contribution >= 4 is 44.4 Å². The molecule has 0 radical (unpaired) electrons. The van der Waals surface area contributed by atoms with Gasteiger partial charge in [0.25, 0.3) is 0 Å². The van der Waals surface area contributed by atoms with Gasteiger partial charge < -0.3 is 20.7 Å². The lowest BCUT2D eigenvalue weighted by Gasteiger charge is -2.28. The number of nitriles is 1. The summed E-state index contributed by atoms with van der Waals surface area (Å²) in [6.07, 6.45) is -1.33. The van der Waals surface area contributed by atoms with Crippen molar-refractivity contribution in [2.75, 3.05) is 13.2 Å². The average Bonchev–Trinajstić information content (AvgIpc) is 3.10. The lowest BCUT2D eigenvalue weighted by atomic mass is 9.80.